The molecule has 0 radical (unpaired) electrons. The molecule has 3 rings (SSSR count). The Morgan fingerprint density at radius 3 is 2.54 bits per heavy atom. The maximum atomic E-state index is 12.3. The Morgan fingerprint density at radius 1 is 1.08 bits per heavy atom. The summed E-state index contributed by atoms with van der Waals surface area (Å²) in [5.74, 6) is 0.0342. The van der Waals surface area contributed by atoms with Crippen molar-refractivity contribution in [2.45, 2.75) is 25.3 Å². The molecule has 1 aromatic heterocycles. The third kappa shape index (κ3) is 5.26. The van der Waals surface area contributed by atoms with Crippen molar-refractivity contribution in [2.75, 3.05) is 0 Å². The summed E-state index contributed by atoms with van der Waals surface area (Å²) in [6.45, 7) is 0. The fraction of sp³-hybridized carbons (Fsp3) is 0.182. The van der Waals surface area contributed by atoms with Crippen LogP contribution in [0.25, 0.3) is 6.08 Å². The molecule has 2 aromatic carbocycles. The minimum absolute atomic E-state index is 0.0342. The van der Waals surface area contributed by atoms with Gasteiger partial charge < -0.3 is 10.7 Å². The van der Waals surface area contributed by atoms with Crippen LogP contribution in [0.2, 0.25) is 0 Å². The fourth-order valence-electron chi connectivity index (χ4n) is 2.77. The van der Waals surface area contributed by atoms with E-state index < -0.39 is 6.04 Å². The molecule has 0 saturated heterocycles. The van der Waals surface area contributed by atoms with Crippen LogP contribution in [0.4, 0.5) is 0 Å². The van der Waals surface area contributed by atoms with E-state index in [0.717, 1.165) is 23.2 Å². The summed E-state index contributed by atoms with van der Waals surface area (Å²) in [6, 6.07) is 17.9. The van der Waals surface area contributed by atoms with E-state index in [4.69, 9.17) is 5.73 Å². The molecule has 0 aliphatic carbocycles. The van der Waals surface area contributed by atoms with Crippen molar-refractivity contribution in [3.8, 4) is 0 Å². The lowest BCUT2D eigenvalue weighted by Gasteiger charge is -2.09. The van der Waals surface area contributed by atoms with E-state index in [1.165, 1.54) is 5.56 Å². The van der Waals surface area contributed by atoms with Gasteiger partial charge in [0.05, 0.1) is 12.4 Å². The number of aromatic amines is 1. The Kier molecular flexibility index (Phi) is 6.12. The van der Waals surface area contributed by atoms with E-state index in [2.05, 4.69) is 34.3 Å². The van der Waals surface area contributed by atoms with E-state index in [-0.39, 0.29) is 5.78 Å². The molecule has 0 amide bonds. The van der Waals surface area contributed by atoms with Crippen LogP contribution in [0.1, 0.15) is 22.4 Å². The van der Waals surface area contributed by atoms with Gasteiger partial charge in [0.2, 0.25) is 0 Å². The molecule has 1 heterocycles. The van der Waals surface area contributed by atoms with Crippen LogP contribution >= 0.6 is 0 Å². The second-order valence-electron chi connectivity index (χ2n) is 6.36. The number of nitrogens with two attached hydrogens (primary N) is 1. The molecule has 4 nitrogen and oxygen atoms in total. The van der Waals surface area contributed by atoms with Gasteiger partial charge >= 0.3 is 0 Å². The molecule has 1 atom stereocenters. The van der Waals surface area contributed by atoms with E-state index in [0.29, 0.717) is 12.8 Å². The first-order valence-electron chi connectivity index (χ1n) is 8.75. The zero-order valence-electron chi connectivity index (χ0n) is 14.6. The number of nitrogens with one attached hydrogen (secondary N) is 1. The average molecular weight is 345 g/mol. The summed E-state index contributed by atoms with van der Waals surface area (Å²) in [7, 11) is 0. The Hall–Kier alpha value is -2.98. The van der Waals surface area contributed by atoms with E-state index in [9.17, 15) is 4.79 Å². The highest BCUT2D eigenvalue weighted by Gasteiger charge is 2.15. The number of benzene rings is 2. The number of aromatic nitrogens is 2. The maximum Gasteiger partial charge on any atom is 0.154 e. The minimum Gasteiger partial charge on any atom is -0.348 e. The van der Waals surface area contributed by atoms with Crippen molar-refractivity contribution in [1.82, 2.24) is 9.97 Å². The molecule has 0 saturated carbocycles. The molecule has 0 spiro atoms. The summed E-state index contributed by atoms with van der Waals surface area (Å²) in [6.07, 6.45) is 9.28. The summed E-state index contributed by atoms with van der Waals surface area (Å²) >= 11 is 0. The monoisotopic (exact) mass is 345 g/mol. The number of Topliss-reactive ketones (excluding diaryl/α,β-unsaturated/α-hetero) is 1. The standard InChI is InChI=1S/C22H23N3O/c23-21(14-20-15-24-16-25-20)22(26)13-19-11-9-18(10-12-19)8-4-7-17-5-2-1-3-6-17/h1-6,8-12,15-16,21H,7,13-14,23H2,(H,24,25)/b8-4+. The highest BCUT2D eigenvalue weighted by molar-refractivity contribution is 5.86. The predicted molar refractivity (Wildman–Crippen MR) is 105 cm³/mol. The van der Waals surface area contributed by atoms with Crippen LogP contribution in [0, 0.1) is 0 Å². The van der Waals surface area contributed by atoms with Crippen LogP contribution in [0.5, 0.6) is 0 Å². The van der Waals surface area contributed by atoms with Gasteiger partial charge in [-0.3, -0.25) is 4.79 Å². The lowest BCUT2D eigenvalue weighted by Crippen LogP contribution is -2.34. The molecule has 132 valence electrons. The third-order valence-electron chi connectivity index (χ3n) is 4.27. The summed E-state index contributed by atoms with van der Waals surface area (Å²) < 4.78 is 0. The lowest BCUT2D eigenvalue weighted by molar-refractivity contribution is -0.119. The molecule has 4 heteroatoms. The highest BCUT2D eigenvalue weighted by Crippen LogP contribution is 2.10. The zero-order chi connectivity index (χ0) is 18.2. The van der Waals surface area contributed by atoms with Crippen LogP contribution in [-0.4, -0.2) is 21.8 Å². The van der Waals surface area contributed by atoms with Crippen molar-refractivity contribution in [1.29, 1.82) is 0 Å². The number of allylic oxidation sites excluding steroid dienone is 1. The van der Waals surface area contributed by atoms with Gasteiger partial charge in [-0.15, -0.1) is 0 Å². The van der Waals surface area contributed by atoms with Crippen LogP contribution < -0.4 is 5.73 Å². The molecule has 0 bridgehead atoms. The largest absolute Gasteiger partial charge is 0.348 e. The molecular formula is C22H23N3O. The van der Waals surface area contributed by atoms with Crippen molar-refractivity contribution in [2.24, 2.45) is 5.73 Å². The van der Waals surface area contributed by atoms with E-state index in [1.807, 2.05) is 42.5 Å². The number of H-pyrrole nitrogens is 1. The second-order valence-corrected chi connectivity index (χ2v) is 6.36. The number of nitrogens with zero attached hydrogens (tertiary/aromatic N) is 1. The first-order valence-corrected chi connectivity index (χ1v) is 8.75. The smallest absolute Gasteiger partial charge is 0.154 e. The number of carbonyl (C=O) groups excluding carboxylic acids is 1. The summed E-state index contributed by atoms with van der Waals surface area (Å²) in [4.78, 5) is 19.2. The Morgan fingerprint density at radius 2 is 1.85 bits per heavy atom. The quantitative estimate of drug-likeness (QED) is 0.658. The normalized spacial score (nSPS) is 12.3. The van der Waals surface area contributed by atoms with Crippen LogP contribution in [0.15, 0.2) is 73.2 Å². The van der Waals surface area contributed by atoms with Crippen molar-refractivity contribution in [3.05, 3.63) is 95.6 Å². The van der Waals surface area contributed by atoms with Crippen molar-refractivity contribution < 1.29 is 4.79 Å². The van der Waals surface area contributed by atoms with Gasteiger partial charge in [-0.2, -0.15) is 0 Å². The van der Waals surface area contributed by atoms with Gasteiger partial charge in [0.25, 0.3) is 0 Å². The zero-order valence-corrected chi connectivity index (χ0v) is 14.6. The molecule has 0 aliphatic rings. The minimum atomic E-state index is -0.513. The van der Waals surface area contributed by atoms with Gasteiger partial charge in [-0.1, -0.05) is 66.7 Å². The number of carbonyl (C=O) groups is 1. The van der Waals surface area contributed by atoms with Gasteiger partial charge in [0.15, 0.2) is 5.78 Å². The van der Waals surface area contributed by atoms with Crippen molar-refractivity contribution in [3.63, 3.8) is 0 Å². The molecule has 1 unspecified atom stereocenters. The Bertz CT molecular complexity index is 837. The van der Waals surface area contributed by atoms with Gasteiger partial charge in [0.1, 0.15) is 0 Å². The van der Waals surface area contributed by atoms with Crippen LogP contribution in [-0.2, 0) is 24.1 Å². The highest BCUT2D eigenvalue weighted by atomic mass is 16.1. The summed E-state index contributed by atoms with van der Waals surface area (Å²) in [5, 5.41) is 0. The lowest BCUT2D eigenvalue weighted by atomic mass is 10.00. The van der Waals surface area contributed by atoms with E-state index in [1.54, 1.807) is 12.5 Å². The number of rotatable bonds is 8. The Labute approximate surface area is 153 Å². The van der Waals surface area contributed by atoms with Crippen molar-refractivity contribution >= 4 is 11.9 Å². The van der Waals surface area contributed by atoms with Gasteiger partial charge in [-0.05, 0) is 23.1 Å². The first-order chi connectivity index (χ1) is 12.7. The number of ketones is 1. The molecule has 26 heavy (non-hydrogen) atoms. The fourth-order valence-corrected chi connectivity index (χ4v) is 2.77. The Balaban J connectivity index is 1.51. The molecule has 3 aromatic rings. The van der Waals surface area contributed by atoms with Gasteiger partial charge in [-0.25, -0.2) is 4.98 Å². The second kappa shape index (κ2) is 8.92. The SMILES string of the molecule is NC(Cc1cnc[nH]1)C(=O)Cc1ccc(/C=C/Cc2ccccc2)cc1. The first kappa shape index (κ1) is 17.8. The molecule has 0 aliphatic heterocycles. The number of imidazole rings is 1. The average Bonchev–Trinajstić information content (AvgIpc) is 3.17. The summed E-state index contributed by atoms with van der Waals surface area (Å²) in [5.41, 5.74) is 10.3. The topological polar surface area (TPSA) is 71.8 Å². The van der Waals surface area contributed by atoms with Gasteiger partial charge in [0, 0.05) is 24.7 Å². The van der Waals surface area contributed by atoms with E-state index >= 15 is 0 Å². The van der Waals surface area contributed by atoms with Crippen LogP contribution in [0.3, 0.4) is 0 Å². The predicted octanol–water partition coefficient (Wildman–Crippen LogP) is 3.35. The number of hydrogen-bond acceptors (Lipinski definition) is 3. The maximum absolute atomic E-state index is 12.3. The molecule has 0 fully saturated rings. The molecular weight excluding hydrogens is 322 g/mol. The third-order valence-corrected chi connectivity index (χ3v) is 4.27. The number of hydrogen-bond donors (Lipinski definition) is 2. The molecule has 3 N–H and O–H groups in total.